The fraction of sp³-hybridized carbons (Fsp3) is 0.250. The zero-order chi connectivity index (χ0) is 14.5. The van der Waals surface area contributed by atoms with Crippen molar-refractivity contribution in [3.63, 3.8) is 0 Å². The van der Waals surface area contributed by atoms with Gasteiger partial charge in [0.05, 0.1) is 0 Å². The van der Waals surface area contributed by atoms with Crippen molar-refractivity contribution in [1.82, 2.24) is 10.3 Å². The SMILES string of the molecule is CNc1ccc(C(=O)NCc2cnccc2C)c(C)c1. The molecule has 2 rings (SSSR count). The summed E-state index contributed by atoms with van der Waals surface area (Å²) in [6.45, 7) is 4.44. The number of amides is 1. The molecule has 104 valence electrons. The molecule has 1 heterocycles. The van der Waals surface area contributed by atoms with Gasteiger partial charge in [0.25, 0.3) is 5.91 Å². The Morgan fingerprint density at radius 2 is 2.00 bits per heavy atom. The molecule has 0 spiro atoms. The highest BCUT2D eigenvalue weighted by Crippen LogP contribution is 2.15. The van der Waals surface area contributed by atoms with Crippen LogP contribution in [0.25, 0.3) is 0 Å². The summed E-state index contributed by atoms with van der Waals surface area (Å²) < 4.78 is 0. The van der Waals surface area contributed by atoms with Crippen LogP contribution in [-0.4, -0.2) is 17.9 Å². The predicted octanol–water partition coefficient (Wildman–Crippen LogP) is 2.67. The summed E-state index contributed by atoms with van der Waals surface area (Å²) in [6, 6.07) is 7.64. The number of carbonyl (C=O) groups is 1. The monoisotopic (exact) mass is 269 g/mol. The number of pyridine rings is 1. The van der Waals surface area contributed by atoms with E-state index in [0.29, 0.717) is 12.1 Å². The van der Waals surface area contributed by atoms with Gasteiger partial charge in [-0.3, -0.25) is 9.78 Å². The van der Waals surface area contributed by atoms with E-state index in [1.54, 1.807) is 12.4 Å². The number of benzene rings is 1. The van der Waals surface area contributed by atoms with Crippen LogP contribution in [0.2, 0.25) is 0 Å². The second-order valence-electron chi connectivity index (χ2n) is 4.76. The summed E-state index contributed by atoms with van der Waals surface area (Å²) in [5.74, 6) is -0.0617. The van der Waals surface area contributed by atoms with Gasteiger partial charge >= 0.3 is 0 Å². The van der Waals surface area contributed by atoms with Gasteiger partial charge in [-0.15, -0.1) is 0 Å². The predicted molar refractivity (Wildman–Crippen MR) is 80.9 cm³/mol. The van der Waals surface area contributed by atoms with Crippen molar-refractivity contribution in [2.24, 2.45) is 0 Å². The van der Waals surface area contributed by atoms with Gasteiger partial charge in [0.15, 0.2) is 0 Å². The molecular weight excluding hydrogens is 250 g/mol. The summed E-state index contributed by atoms with van der Waals surface area (Å²) in [6.07, 6.45) is 3.54. The van der Waals surface area contributed by atoms with E-state index in [4.69, 9.17) is 0 Å². The quantitative estimate of drug-likeness (QED) is 0.897. The molecule has 0 aliphatic heterocycles. The van der Waals surface area contributed by atoms with Gasteiger partial charge in [0, 0.05) is 37.2 Å². The number of carbonyl (C=O) groups excluding carboxylic acids is 1. The maximum atomic E-state index is 12.2. The Kier molecular flexibility index (Phi) is 4.35. The lowest BCUT2D eigenvalue weighted by Gasteiger charge is -2.10. The number of aromatic nitrogens is 1. The van der Waals surface area contributed by atoms with Crippen LogP contribution in [0.1, 0.15) is 27.0 Å². The molecule has 20 heavy (non-hydrogen) atoms. The van der Waals surface area contributed by atoms with E-state index >= 15 is 0 Å². The van der Waals surface area contributed by atoms with Crippen molar-refractivity contribution in [1.29, 1.82) is 0 Å². The van der Waals surface area contributed by atoms with Crippen LogP contribution in [0.4, 0.5) is 5.69 Å². The van der Waals surface area contributed by atoms with Gasteiger partial charge in [-0.1, -0.05) is 0 Å². The zero-order valence-corrected chi connectivity index (χ0v) is 12.0. The summed E-state index contributed by atoms with van der Waals surface area (Å²) in [5.41, 5.74) is 4.82. The third-order valence-electron chi connectivity index (χ3n) is 3.35. The molecule has 0 saturated heterocycles. The maximum absolute atomic E-state index is 12.2. The minimum absolute atomic E-state index is 0.0617. The van der Waals surface area contributed by atoms with Gasteiger partial charge < -0.3 is 10.6 Å². The second-order valence-corrected chi connectivity index (χ2v) is 4.76. The number of rotatable bonds is 4. The van der Waals surface area contributed by atoms with Crippen LogP contribution in [0.3, 0.4) is 0 Å². The van der Waals surface area contributed by atoms with Gasteiger partial charge in [0.2, 0.25) is 0 Å². The molecule has 0 atom stereocenters. The molecule has 0 saturated carbocycles. The number of anilines is 1. The van der Waals surface area contributed by atoms with E-state index in [1.165, 1.54) is 0 Å². The lowest BCUT2D eigenvalue weighted by Crippen LogP contribution is -2.24. The molecule has 0 radical (unpaired) electrons. The maximum Gasteiger partial charge on any atom is 0.251 e. The molecule has 1 aromatic carbocycles. The summed E-state index contributed by atoms with van der Waals surface area (Å²) in [4.78, 5) is 16.3. The van der Waals surface area contributed by atoms with Crippen LogP contribution in [-0.2, 0) is 6.54 Å². The highest BCUT2D eigenvalue weighted by atomic mass is 16.1. The molecule has 4 heteroatoms. The van der Waals surface area contributed by atoms with Crippen LogP contribution >= 0.6 is 0 Å². The zero-order valence-electron chi connectivity index (χ0n) is 12.0. The third kappa shape index (κ3) is 3.15. The van der Waals surface area contributed by atoms with E-state index in [-0.39, 0.29) is 5.91 Å². The largest absolute Gasteiger partial charge is 0.388 e. The normalized spacial score (nSPS) is 10.2. The molecular formula is C16H19N3O. The minimum Gasteiger partial charge on any atom is -0.388 e. The minimum atomic E-state index is -0.0617. The van der Waals surface area contributed by atoms with E-state index < -0.39 is 0 Å². The van der Waals surface area contributed by atoms with Crippen molar-refractivity contribution < 1.29 is 4.79 Å². The first-order valence-electron chi connectivity index (χ1n) is 6.58. The van der Waals surface area contributed by atoms with Gasteiger partial charge in [-0.05, 0) is 54.8 Å². The van der Waals surface area contributed by atoms with E-state index in [1.807, 2.05) is 45.2 Å². The van der Waals surface area contributed by atoms with Crippen molar-refractivity contribution in [2.45, 2.75) is 20.4 Å². The first-order valence-corrected chi connectivity index (χ1v) is 6.58. The average molecular weight is 269 g/mol. The summed E-state index contributed by atoms with van der Waals surface area (Å²) >= 11 is 0. The molecule has 4 nitrogen and oxygen atoms in total. The van der Waals surface area contributed by atoms with Gasteiger partial charge in [-0.25, -0.2) is 0 Å². The average Bonchev–Trinajstić information content (AvgIpc) is 2.46. The Labute approximate surface area is 119 Å². The van der Waals surface area contributed by atoms with Crippen LogP contribution < -0.4 is 10.6 Å². The van der Waals surface area contributed by atoms with Crippen molar-refractivity contribution >= 4 is 11.6 Å². The fourth-order valence-corrected chi connectivity index (χ4v) is 2.03. The molecule has 1 aromatic heterocycles. The number of hydrogen-bond acceptors (Lipinski definition) is 3. The molecule has 2 aromatic rings. The fourth-order valence-electron chi connectivity index (χ4n) is 2.03. The molecule has 0 bridgehead atoms. The highest BCUT2D eigenvalue weighted by molar-refractivity contribution is 5.96. The number of nitrogens with one attached hydrogen (secondary N) is 2. The topological polar surface area (TPSA) is 54.0 Å². The Morgan fingerprint density at radius 3 is 2.65 bits per heavy atom. The highest BCUT2D eigenvalue weighted by Gasteiger charge is 2.09. The molecule has 1 amide bonds. The van der Waals surface area contributed by atoms with Crippen LogP contribution in [0.15, 0.2) is 36.7 Å². The van der Waals surface area contributed by atoms with Crippen molar-refractivity contribution in [2.75, 3.05) is 12.4 Å². The van der Waals surface area contributed by atoms with E-state index in [0.717, 1.165) is 22.4 Å². The first-order chi connectivity index (χ1) is 9.61. The Morgan fingerprint density at radius 1 is 1.20 bits per heavy atom. The van der Waals surface area contributed by atoms with Crippen molar-refractivity contribution in [3.8, 4) is 0 Å². The number of hydrogen-bond donors (Lipinski definition) is 2. The molecule has 0 aliphatic carbocycles. The smallest absolute Gasteiger partial charge is 0.251 e. The number of aryl methyl sites for hydroxylation is 2. The molecule has 2 N–H and O–H groups in total. The third-order valence-corrected chi connectivity index (χ3v) is 3.35. The molecule has 0 unspecified atom stereocenters. The number of nitrogens with zero attached hydrogens (tertiary/aromatic N) is 1. The summed E-state index contributed by atoms with van der Waals surface area (Å²) in [7, 11) is 1.86. The Bertz CT molecular complexity index is 623. The first kappa shape index (κ1) is 14.1. The molecule has 0 fully saturated rings. The lowest BCUT2D eigenvalue weighted by atomic mass is 10.1. The lowest BCUT2D eigenvalue weighted by molar-refractivity contribution is 0.0950. The Hall–Kier alpha value is -2.36. The van der Waals surface area contributed by atoms with Gasteiger partial charge in [-0.2, -0.15) is 0 Å². The van der Waals surface area contributed by atoms with Gasteiger partial charge in [0.1, 0.15) is 0 Å². The van der Waals surface area contributed by atoms with E-state index in [2.05, 4.69) is 15.6 Å². The second kappa shape index (κ2) is 6.19. The van der Waals surface area contributed by atoms with E-state index in [9.17, 15) is 4.79 Å². The molecule has 0 aliphatic rings. The van der Waals surface area contributed by atoms with Crippen molar-refractivity contribution in [3.05, 3.63) is 58.9 Å². The Balaban J connectivity index is 2.07. The summed E-state index contributed by atoms with van der Waals surface area (Å²) in [5, 5.41) is 5.99. The van der Waals surface area contributed by atoms with Crippen LogP contribution in [0, 0.1) is 13.8 Å². The standard InChI is InChI=1S/C16H19N3O/c1-11-6-7-18-9-13(11)10-19-16(20)15-5-4-14(17-3)8-12(15)2/h4-9,17H,10H2,1-3H3,(H,19,20). The van der Waals surface area contributed by atoms with Crippen LogP contribution in [0.5, 0.6) is 0 Å².